The fourth-order valence-electron chi connectivity index (χ4n) is 2.03. The first-order valence-corrected chi connectivity index (χ1v) is 7.36. The number of sulfonamides is 1. The summed E-state index contributed by atoms with van der Waals surface area (Å²) in [6.07, 6.45) is 1.44. The molecule has 0 aliphatic heterocycles. The Hall–Kier alpha value is -1.34. The van der Waals surface area contributed by atoms with Crippen LogP contribution in [0.1, 0.15) is 25.7 Å². The van der Waals surface area contributed by atoms with E-state index in [4.69, 9.17) is 0 Å². The molecule has 0 unspecified atom stereocenters. The molecule has 104 valence electrons. The lowest BCUT2D eigenvalue weighted by molar-refractivity contribution is -0.120. The smallest absolute Gasteiger partial charge is 0.243 e. The van der Waals surface area contributed by atoms with Crippen molar-refractivity contribution in [3.8, 4) is 0 Å². The van der Waals surface area contributed by atoms with Gasteiger partial charge >= 0.3 is 0 Å². The van der Waals surface area contributed by atoms with E-state index in [2.05, 4.69) is 4.72 Å². The van der Waals surface area contributed by atoms with E-state index in [0.29, 0.717) is 31.7 Å². The lowest BCUT2D eigenvalue weighted by atomic mass is 9.95. The van der Waals surface area contributed by atoms with Crippen molar-refractivity contribution in [2.45, 2.75) is 36.6 Å². The molecule has 0 radical (unpaired) electrons. The van der Waals surface area contributed by atoms with Crippen LogP contribution in [0.5, 0.6) is 0 Å². The summed E-state index contributed by atoms with van der Waals surface area (Å²) in [5.74, 6) is -1.86. The van der Waals surface area contributed by atoms with Gasteiger partial charge in [0.05, 0.1) is 0 Å². The van der Waals surface area contributed by atoms with Crippen molar-refractivity contribution in [1.82, 2.24) is 4.72 Å². The lowest BCUT2D eigenvalue weighted by Gasteiger charge is -2.22. The van der Waals surface area contributed by atoms with Gasteiger partial charge in [-0.2, -0.15) is 0 Å². The Bertz CT molecular complexity index is 591. The maximum Gasteiger partial charge on any atom is 0.243 e. The summed E-state index contributed by atoms with van der Waals surface area (Å²) in [5, 5.41) is 0. The lowest BCUT2D eigenvalue weighted by Crippen LogP contribution is -2.38. The van der Waals surface area contributed by atoms with Crippen LogP contribution >= 0.6 is 0 Å². The normalized spacial score (nSPS) is 17.7. The van der Waals surface area contributed by atoms with E-state index in [1.165, 1.54) is 0 Å². The Labute approximate surface area is 109 Å². The van der Waals surface area contributed by atoms with Gasteiger partial charge in [0.25, 0.3) is 0 Å². The third-order valence-electron chi connectivity index (χ3n) is 3.05. The zero-order chi connectivity index (χ0) is 14.0. The highest BCUT2D eigenvalue weighted by atomic mass is 32.2. The Kier molecular flexibility index (Phi) is 3.96. The Morgan fingerprint density at radius 1 is 1.16 bits per heavy atom. The highest BCUT2D eigenvalue weighted by Crippen LogP contribution is 2.20. The van der Waals surface area contributed by atoms with Gasteiger partial charge in [-0.25, -0.2) is 21.9 Å². The van der Waals surface area contributed by atoms with Crippen LogP contribution in [-0.2, 0) is 14.8 Å². The van der Waals surface area contributed by atoms with Crippen LogP contribution in [-0.4, -0.2) is 20.2 Å². The van der Waals surface area contributed by atoms with E-state index in [1.807, 2.05) is 0 Å². The molecule has 2 rings (SSSR count). The second kappa shape index (κ2) is 5.34. The van der Waals surface area contributed by atoms with Crippen molar-refractivity contribution >= 4 is 15.8 Å². The van der Waals surface area contributed by atoms with Crippen molar-refractivity contribution in [1.29, 1.82) is 0 Å². The molecule has 7 heteroatoms. The molecule has 0 bridgehead atoms. The summed E-state index contributed by atoms with van der Waals surface area (Å²) in [6, 6.07) is 1.93. The first-order chi connectivity index (χ1) is 8.88. The number of nitrogens with one attached hydrogen (secondary N) is 1. The summed E-state index contributed by atoms with van der Waals surface area (Å²) in [6.45, 7) is 0. The van der Waals surface area contributed by atoms with Crippen LogP contribution in [0.2, 0.25) is 0 Å². The second-order valence-corrected chi connectivity index (χ2v) is 6.19. The number of rotatable bonds is 3. The molecule has 1 fully saturated rings. The molecule has 1 saturated carbocycles. The highest BCUT2D eigenvalue weighted by molar-refractivity contribution is 7.89. The number of carbonyl (C=O) groups excluding carboxylic acids is 1. The molecule has 0 spiro atoms. The molecular weight excluding hydrogens is 276 g/mol. The van der Waals surface area contributed by atoms with Gasteiger partial charge in [0.1, 0.15) is 22.3 Å². The quantitative estimate of drug-likeness (QED) is 0.922. The minimum atomic E-state index is -4.03. The van der Waals surface area contributed by atoms with Crippen LogP contribution in [0, 0.1) is 11.6 Å². The Morgan fingerprint density at radius 2 is 1.79 bits per heavy atom. The molecule has 1 aliphatic carbocycles. The molecular formula is C12H13F2NO3S. The standard InChI is InChI=1S/C12H13F2NO3S/c13-8-1-6-12(11(14)7-8)19(17,18)15-9-2-4-10(16)5-3-9/h1,6-7,9,15H,2-5H2. The number of hydrogen-bond donors (Lipinski definition) is 1. The van der Waals surface area contributed by atoms with E-state index >= 15 is 0 Å². The molecule has 1 aliphatic rings. The van der Waals surface area contributed by atoms with E-state index < -0.39 is 26.6 Å². The van der Waals surface area contributed by atoms with Crippen LogP contribution in [0.25, 0.3) is 0 Å². The topological polar surface area (TPSA) is 63.2 Å². The molecule has 1 aromatic carbocycles. The molecule has 0 saturated heterocycles. The first-order valence-electron chi connectivity index (χ1n) is 5.87. The Morgan fingerprint density at radius 3 is 2.37 bits per heavy atom. The van der Waals surface area contributed by atoms with Crippen LogP contribution in [0.3, 0.4) is 0 Å². The van der Waals surface area contributed by atoms with Crippen LogP contribution < -0.4 is 4.72 Å². The van der Waals surface area contributed by atoms with E-state index in [1.54, 1.807) is 0 Å². The third kappa shape index (κ3) is 3.36. The SMILES string of the molecule is O=C1CCC(NS(=O)(=O)c2ccc(F)cc2F)CC1. The molecule has 0 atom stereocenters. The number of ketones is 1. The second-order valence-electron chi connectivity index (χ2n) is 4.51. The average Bonchev–Trinajstić information content (AvgIpc) is 2.31. The fraction of sp³-hybridized carbons (Fsp3) is 0.417. The zero-order valence-electron chi connectivity index (χ0n) is 10.0. The number of benzene rings is 1. The molecule has 0 heterocycles. The predicted molar refractivity (Wildman–Crippen MR) is 63.9 cm³/mol. The van der Waals surface area contributed by atoms with Crippen molar-refractivity contribution in [3.63, 3.8) is 0 Å². The van der Waals surface area contributed by atoms with E-state index in [9.17, 15) is 22.0 Å². The van der Waals surface area contributed by atoms with E-state index in [0.717, 1.165) is 12.1 Å². The van der Waals surface area contributed by atoms with Crippen LogP contribution in [0.4, 0.5) is 8.78 Å². The average molecular weight is 289 g/mol. The summed E-state index contributed by atoms with van der Waals surface area (Å²) in [7, 11) is -4.03. The van der Waals surface area contributed by atoms with Crippen molar-refractivity contribution in [3.05, 3.63) is 29.8 Å². The summed E-state index contributed by atoms with van der Waals surface area (Å²) in [5.41, 5.74) is 0. The maximum absolute atomic E-state index is 13.4. The fourth-order valence-corrected chi connectivity index (χ4v) is 3.40. The van der Waals surface area contributed by atoms with E-state index in [-0.39, 0.29) is 11.8 Å². The van der Waals surface area contributed by atoms with Gasteiger partial charge in [0.15, 0.2) is 0 Å². The maximum atomic E-state index is 13.4. The predicted octanol–water partition coefficient (Wildman–Crippen LogP) is 1.75. The molecule has 0 aromatic heterocycles. The minimum Gasteiger partial charge on any atom is -0.300 e. The van der Waals surface area contributed by atoms with Crippen molar-refractivity contribution in [2.24, 2.45) is 0 Å². The number of hydrogen-bond acceptors (Lipinski definition) is 3. The number of halogens is 2. The van der Waals surface area contributed by atoms with Gasteiger partial charge in [-0.15, -0.1) is 0 Å². The Balaban J connectivity index is 2.16. The van der Waals surface area contributed by atoms with Crippen molar-refractivity contribution in [2.75, 3.05) is 0 Å². The zero-order valence-corrected chi connectivity index (χ0v) is 10.8. The summed E-state index contributed by atoms with van der Waals surface area (Å²) >= 11 is 0. The molecule has 19 heavy (non-hydrogen) atoms. The summed E-state index contributed by atoms with van der Waals surface area (Å²) in [4.78, 5) is 10.5. The number of carbonyl (C=O) groups is 1. The minimum absolute atomic E-state index is 0.100. The first kappa shape index (κ1) is 14.1. The van der Waals surface area contributed by atoms with Gasteiger partial charge in [0, 0.05) is 24.9 Å². The molecule has 0 amide bonds. The molecule has 4 nitrogen and oxygen atoms in total. The van der Waals surface area contributed by atoms with Gasteiger partial charge in [-0.3, -0.25) is 4.79 Å². The van der Waals surface area contributed by atoms with Gasteiger partial charge < -0.3 is 0 Å². The number of Topliss-reactive ketones (excluding diaryl/α,β-unsaturated/α-hetero) is 1. The molecule has 1 N–H and O–H groups in total. The van der Waals surface area contributed by atoms with Crippen LogP contribution in [0.15, 0.2) is 23.1 Å². The van der Waals surface area contributed by atoms with Gasteiger partial charge in [-0.1, -0.05) is 0 Å². The van der Waals surface area contributed by atoms with Gasteiger partial charge in [0.2, 0.25) is 10.0 Å². The highest BCUT2D eigenvalue weighted by Gasteiger charge is 2.26. The third-order valence-corrected chi connectivity index (χ3v) is 4.60. The van der Waals surface area contributed by atoms with Gasteiger partial charge in [-0.05, 0) is 25.0 Å². The molecule has 1 aromatic rings. The summed E-state index contributed by atoms with van der Waals surface area (Å²) < 4.78 is 52.5. The van der Waals surface area contributed by atoms with Crippen molar-refractivity contribution < 1.29 is 22.0 Å². The monoisotopic (exact) mass is 289 g/mol. The largest absolute Gasteiger partial charge is 0.300 e.